The van der Waals surface area contributed by atoms with Crippen LogP contribution in [0.4, 0.5) is 5.82 Å². The number of fused-ring (bicyclic) bond motifs is 1. The van der Waals surface area contributed by atoms with Crippen molar-refractivity contribution in [3.8, 4) is 17.1 Å². The second-order valence-corrected chi connectivity index (χ2v) is 6.09. The van der Waals surface area contributed by atoms with E-state index in [9.17, 15) is 9.59 Å². The van der Waals surface area contributed by atoms with Crippen molar-refractivity contribution in [1.29, 1.82) is 0 Å². The number of benzene rings is 2. The molecule has 26 heavy (non-hydrogen) atoms. The Balaban J connectivity index is 1.88. The Morgan fingerprint density at radius 2 is 1.77 bits per heavy atom. The molecule has 6 nitrogen and oxygen atoms in total. The van der Waals surface area contributed by atoms with Gasteiger partial charge in [-0.3, -0.25) is 9.59 Å². The zero-order chi connectivity index (χ0) is 18.1. The Hall–Kier alpha value is -3.41. The summed E-state index contributed by atoms with van der Waals surface area (Å²) in [5, 5.41) is 2.74. The van der Waals surface area contributed by atoms with E-state index in [4.69, 9.17) is 4.74 Å². The molecule has 4 rings (SSSR count). The molecule has 2 heterocycles. The minimum absolute atomic E-state index is 0.169. The van der Waals surface area contributed by atoms with Crippen molar-refractivity contribution in [3.05, 3.63) is 76.1 Å². The van der Waals surface area contributed by atoms with Crippen molar-refractivity contribution >= 4 is 11.7 Å². The fourth-order valence-corrected chi connectivity index (χ4v) is 3.32. The molecule has 0 bridgehead atoms. The standard InChI is InChI=1S/C20H17N3O3/c1-26-15-10-6-5-9-13(15)14-11-16(24)21-19-17(14)20(25)23-18(22-19)12-7-3-2-4-8-12/h2-10,14H,11H2,1H3,(H2,21,22,23,24,25)/t14-/m0/s1. The predicted octanol–water partition coefficient (Wildman–Crippen LogP) is 2.92. The van der Waals surface area contributed by atoms with E-state index in [1.54, 1.807) is 7.11 Å². The first kappa shape index (κ1) is 16.1. The number of anilines is 1. The first-order chi connectivity index (χ1) is 12.7. The monoisotopic (exact) mass is 347 g/mol. The Labute approximate surface area is 149 Å². The lowest BCUT2D eigenvalue weighted by Crippen LogP contribution is -2.31. The fourth-order valence-electron chi connectivity index (χ4n) is 3.32. The second-order valence-electron chi connectivity index (χ2n) is 6.09. The van der Waals surface area contributed by atoms with Crippen LogP contribution < -0.4 is 15.6 Å². The van der Waals surface area contributed by atoms with Crippen molar-refractivity contribution < 1.29 is 9.53 Å². The third-order valence-electron chi connectivity index (χ3n) is 4.51. The first-order valence-electron chi connectivity index (χ1n) is 8.30. The topological polar surface area (TPSA) is 84.1 Å². The molecule has 3 aromatic rings. The third kappa shape index (κ3) is 2.75. The summed E-state index contributed by atoms with van der Waals surface area (Å²) in [5.74, 6) is 0.793. The van der Waals surface area contributed by atoms with Gasteiger partial charge < -0.3 is 15.0 Å². The van der Waals surface area contributed by atoms with Crippen molar-refractivity contribution in [1.82, 2.24) is 9.97 Å². The molecule has 1 aromatic heterocycles. The molecule has 0 saturated carbocycles. The summed E-state index contributed by atoms with van der Waals surface area (Å²) in [5.41, 5.74) is 1.77. The summed E-state index contributed by atoms with van der Waals surface area (Å²) in [6.45, 7) is 0. The zero-order valence-electron chi connectivity index (χ0n) is 14.2. The van der Waals surface area contributed by atoms with Gasteiger partial charge in [0.25, 0.3) is 5.56 Å². The van der Waals surface area contributed by atoms with Crippen LogP contribution in [0.1, 0.15) is 23.5 Å². The van der Waals surface area contributed by atoms with Crippen LogP contribution in [0, 0.1) is 0 Å². The normalized spacial score (nSPS) is 15.9. The SMILES string of the molecule is COc1ccccc1[C@@H]1CC(=O)Nc2nc(-c3ccccc3)[nH]c(=O)c21. The number of rotatable bonds is 3. The largest absolute Gasteiger partial charge is 0.496 e. The lowest BCUT2D eigenvalue weighted by molar-refractivity contribution is -0.116. The molecule has 0 spiro atoms. The number of hydrogen-bond donors (Lipinski definition) is 2. The van der Waals surface area contributed by atoms with Crippen molar-refractivity contribution in [2.45, 2.75) is 12.3 Å². The Kier molecular flexibility index (Phi) is 4.01. The maximum Gasteiger partial charge on any atom is 0.257 e. The predicted molar refractivity (Wildman–Crippen MR) is 98.4 cm³/mol. The van der Waals surface area contributed by atoms with Crippen molar-refractivity contribution in [2.75, 3.05) is 12.4 Å². The summed E-state index contributed by atoms with van der Waals surface area (Å²) in [4.78, 5) is 32.5. The highest BCUT2D eigenvalue weighted by Gasteiger charge is 2.32. The number of carbonyl (C=O) groups excluding carboxylic acids is 1. The van der Waals surface area contributed by atoms with Crippen LogP contribution in [0.3, 0.4) is 0 Å². The van der Waals surface area contributed by atoms with E-state index < -0.39 is 5.92 Å². The van der Waals surface area contributed by atoms with E-state index >= 15 is 0 Å². The molecule has 1 aliphatic rings. The molecule has 0 fully saturated rings. The van der Waals surface area contributed by atoms with E-state index in [2.05, 4.69) is 15.3 Å². The Morgan fingerprint density at radius 3 is 2.54 bits per heavy atom. The average molecular weight is 347 g/mol. The van der Waals surface area contributed by atoms with Crippen LogP contribution in [0.5, 0.6) is 5.75 Å². The number of nitrogens with one attached hydrogen (secondary N) is 2. The van der Waals surface area contributed by atoms with E-state index in [1.807, 2.05) is 54.6 Å². The molecule has 0 radical (unpaired) electrons. The molecular formula is C20H17N3O3. The molecule has 0 unspecified atom stereocenters. The first-order valence-corrected chi connectivity index (χ1v) is 8.30. The molecule has 130 valence electrons. The number of methoxy groups -OCH3 is 1. The highest BCUT2D eigenvalue weighted by Crippen LogP contribution is 2.38. The minimum Gasteiger partial charge on any atom is -0.496 e. The molecule has 6 heteroatoms. The molecule has 0 saturated heterocycles. The summed E-state index contributed by atoms with van der Waals surface area (Å²) in [6.07, 6.45) is 0.169. The zero-order valence-corrected chi connectivity index (χ0v) is 14.2. The van der Waals surface area contributed by atoms with Gasteiger partial charge in [0.15, 0.2) is 0 Å². The van der Waals surface area contributed by atoms with E-state index in [1.165, 1.54) is 0 Å². The van der Waals surface area contributed by atoms with Crippen LogP contribution in [0.2, 0.25) is 0 Å². The number of aromatic amines is 1. The number of nitrogens with zero attached hydrogens (tertiary/aromatic N) is 1. The van der Waals surface area contributed by atoms with Crippen LogP contribution >= 0.6 is 0 Å². The molecule has 0 aliphatic carbocycles. The van der Waals surface area contributed by atoms with Gasteiger partial charge in [0.2, 0.25) is 5.91 Å². The summed E-state index contributed by atoms with van der Waals surface area (Å²) in [6, 6.07) is 16.7. The van der Waals surface area contributed by atoms with E-state index in [0.717, 1.165) is 11.1 Å². The van der Waals surface area contributed by atoms with Gasteiger partial charge in [-0.05, 0) is 6.07 Å². The van der Waals surface area contributed by atoms with Gasteiger partial charge in [-0.25, -0.2) is 4.98 Å². The molecule has 1 atom stereocenters. The average Bonchev–Trinajstić information content (AvgIpc) is 2.67. The van der Waals surface area contributed by atoms with Gasteiger partial charge >= 0.3 is 0 Å². The van der Waals surface area contributed by atoms with Crippen LogP contribution in [-0.4, -0.2) is 23.0 Å². The number of aromatic nitrogens is 2. The van der Waals surface area contributed by atoms with Crippen molar-refractivity contribution in [2.24, 2.45) is 0 Å². The number of ether oxygens (including phenoxy) is 1. The molecular weight excluding hydrogens is 330 g/mol. The van der Waals surface area contributed by atoms with Gasteiger partial charge in [-0.2, -0.15) is 0 Å². The number of hydrogen-bond acceptors (Lipinski definition) is 4. The fraction of sp³-hybridized carbons (Fsp3) is 0.150. The Bertz CT molecular complexity index is 1030. The van der Waals surface area contributed by atoms with Gasteiger partial charge in [0.1, 0.15) is 17.4 Å². The number of H-pyrrole nitrogens is 1. The van der Waals surface area contributed by atoms with E-state index in [0.29, 0.717) is 23.0 Å². The molecule has 2 N–H and O–H groups in total. The van der Waals surface area contributed by atoms with Gasteiger partial charge in [0.05, 0.1) is 12.7 Å². The minimum atomic E-state index is -0.407. The van der Waals surface area contributed by atoms with Crippen LogP contribution in [0.15, 0.2) is 59.4 Å². The molecule has 2 aromatic carbocycles. The van der Waals surface area contributed by atoms with Gasteiger partial charge in [-0.1, -0.05) is 48.5 Å². The number of carbonyl (C=O) groups is 1. The molecule has 1 aliphatic heterocycles. The summed E-state index contributed by atoms with van der Waals surface area (Å²) >= 11 is 0. The lowest BCUT2D eigenvalue weighted by Gasteiger charge is -2.25. The summed E-state index contributed by atoms with van der Waals surface area (Å²) in [7, 11) is 1.57. The maximum absolute atomic E-state index is 12.9. The van der Waals surface area contributed by atoms with Gasteiger partial charge in [-0.15, -0.1) is 0 Å². The second kappa shape index (κ2) is 6.48. The smallest absolute Gasteiger partial charge is 0.257 e. The van der Waals surface area contributed by atoms with E-state index in [-0.39, 0.29) is 17.9 Å². The van der Waals surface area contributed by atoms with Crippen molar-refractivity contribution in [3.63, 3.8) is 0 Å². The highest BCUT2D eigenvalue weighted by molar-refractivity contribution is 5.94. The Morgan fingerprint density at radius 1 is 1.04 bits per heavy atom. The number of para-hydroxylation sites is 1. The number of amides is 1. The van der Waals surface area contributed by atoms with Crippen LogP contribution in [0.25, 0.3) is 11.4 Å². The van der Waals surface area contributed by atoms with Crippen LogP contribution in [-0.2, 0) is 4.79 Å². The lowest BCUT2D eigenvalue weighted by atomic mass is 9.86. The third-order valence-corrected chi connectivity index (χ3v) is 4.51. The highest BCUT2D eigenvalue weighted by atomic mass is 16.5. The molecule has 1 amide bonds. The maximum atomic E-state index is 12.9. The van der Waals surface area contributed by atoms with Gasteiger partial charge in [0, 0.05) is 23.5 Å². The summed E-state index contributed by atoms with van der Waals surface area (Å²) < 4.78 is 5.42. The quantitative estimate of drug-likeness (QED) is 0.763.